The third-order valence-electron chi connectivity index (χ3n) is 7.59. The zero-order valence-corrected chi connectivity index (χ0v) is 21.0. The van der Waals surface area contributed by atoms with E-state index in [-0.39, 0.29) is 59.7 Å². The van der Waals surface area contributed by atoms with E-state index in [4.69, 9.17) is 9.47 Å². The van der Waals surface area contributed by atoms with Crippen molar-refractivity contribution in [2.24, 2.45) is 17.8 Å². The number of non-ortho nitro benzene ring substituents is 1. The topological polar surface area (TPSA) is 136 Å². The number of imide groups is 1. The minimum absolute atomic E-state index is 0.0302. The van der Waals surface area contributed by atoms with Crippen molar-refractivity contribution in [2.45, 2.75) is 39.0 Å². The quantitative estimate of drug-likeness (QED) is 0.185. The predicted octanol–water partition coefficient (Wildman–Crippen LogP) is 3.55. The van der Waals surface area contributed by atoms with Crippen LogP contribution in [0, 0.1) is 34.8 Å². The number of carbonyl (C=O) groups excluding carboxylic acids is 4. The Hall–Kier alpha value is -4.28. The van der Waals surface area contributed by atoms with E-state index in [9.17, 15) is 29.3 Å². The first-order chi connectivity index (χ1) is 18.2. The summed E-state index contributed by atoms with van der Waals surface area (Å²) in [5.41, 5.74) is 1.26. The number of fused-ring (bicyclic) bond motifs is 1. The van der Waals surface area contributed by atoms with Crippen molar-refractivity contribution in [1.29, 1.82) is 0 Å². The van der Waals surface area contributed by atoms with Crippen molar-refractivity contribution in [3.8, 4) is 11.5 Å². The standard InChI is InChI=1S/C27H27N3O8/c1-15-11-18(8-10-21(15)29-25(32)19-5-3-4-6-20(19)26(29)33)38-27(34)16-12-24(31)28(14-16)22-9-7-17(30(35)36)13-23(22)37-2/h7-11,13,16,19-20H,3-6,12,14H2,1-2H3/t16-,19-,20-/m1/s1. The van der Waals surface area contributed by atoms with Gasteiger partial charge >= 0.3 is 5.97 Å². The van der Waals surface area contributed by atoms with E-state index in [1.807, 2.05) is 0 Å². The molecular formula is C27H27N3O8. The number of carbonyl (C=O) groups is 4. The number of aryl methyl sites for hydroxylation is 1. The van der Waals surface area contributed by atoms with E-state index in [2.05, 4.69) is 0 Å². The minimum atomic E-state index is -0.757. The van der Waals surface area contributed by atoms with Gasteiger partial charge in [0.2, 0.25) is 17.7 Å². The van der Waals surface area contributed by atoms with Crippen molar-refractivity contribution < 1.29 is 33.6 Å². The van der Waals surface area contributed by atoms with E-state index in [1.54, 1.807) is 19.1 Å². The van der Waals surface area contributed by atoms with Gasteiger partial charge in [0.15, 0.2) is 0 Å². The molecule has 3 aliphatic rings. The van der Waals surface area contributed by atoms with Crippen LogP contribution < -0.4 is 19.3 Å². The second-order valence-corrected chi connectivity index (χ2v) is 9.90. The number of esters is 1. The van der Waals surface area contributed by atoms with E-state index in [0.717, 1.165) is 25.7 Å². The summed E-state index contributed by atoms with van der Waals surface area (Å²) >= 11 is 0. The molecule has 1 saturated carbocycles. The molecule has 0 unspecified atom stereocenters. The molecule has 3 amide bonds. The van der Waals surface area contributed by atoms with Crippen LogP contribution in [0.4, 0.5) is 17.1 Å². The molecule has 2 saturated heterocycles. The number of amides is 3. The molecule has 11 nitrogen and oxygen atoms in total. The third kappa shape index (κ3) is 4.37. The van der Waals surface area contributed by atoms with Crippen molar-refractivity contribution in [3.05, 3.63) is 52.1 Å². The Balaban J connectivity index is 1.29. The van der Waals surface area contributed by atoms with E-state index < -0.39 is 16.8 Å². The Bertz CT molecular complexity index is 1330. The maximum atomic E-state index is 13.0. The van der Waals surface area contributed by atoms with Gasteiger partial charge in [0.25, 0.3) is 5.69 Å². The number of hydrogen-bond donors (Lipinski definition) is 0. The monoisotopic (exact) mass is 521 g/mol. The Morgan fingerprint density at radius 3 is 2.26 bits per heavy atom. The van der Waals surface area contributed by atoms with Gasteiger partial charge in [0.1, 0.15) is 11.5 Å². The van der Waals surface area contributed by atoms with Gasteiger partial charge in [-0.25, -0.2) is 4.90 Å². The fourth-order valence-electron chi connectivity index (χ4n) is 5.64. The molecule has 3 atom stereocenters. The number of nitrogens with zero attached hydrogens (tertiary/aromatic N) is 3. The molecule has 0 N–H and O–H groups in total. The highest BCUT2D eigenvalue weighted by Gasteiger charge is 2.49. The maximum absolute atomic E-state index is 13.0. The summed E-state index contributed by atoms with van der Waals surface area (Å²) < 4.78 is 10.8. The van der Waals surface area contributed by atoms with Crippen LogP contribution in [-0.2, 0) is 19.2 Å². The number of anilines is 2. The Labute approximate surface area is 218 Å². The van der Waals surface area contributed by atoms with Crippen LogP contribution in [0.3, 0.4) is 0 Å². The van der Waals surface area contributed by atoms with Gasteiger partial charge in [-0.1, -0.05) is 12.8 Å². The molecule has 2 aliphatic heterocycles. The van der Waals surface area contributed by atoms with Gasteiger partial charge in [-0.3, -0.25) is 29.3 Å². The normalized spacial score (nSPS) is 23.0. The van der Waals surface area contributed by atoms with Crippen LogP contribution in [0.2, 0.25) is 0 Å². The first kappa shape index (κ1) is 25.4. The summed E-state index contributed by atoms with van der Waals surface area (Å²) in [4.78, 5) is 64.7. The van der Waals surface area contributed by atoms with Crippen LogP contribution >= 0.6 is 0 Å². The average Bonchev–Trinajstić information content (AvgIpc) is 3.41. The first-order valence-electron chi connectivity index (χ1n) is 12.5. The Morgan fingerprint density at radius 1 is 1.00 bits per heavy atom. The number of methoxy groups -OCH3 is 1. The Kier molecular flexibility index (Phi) is 6.60. The van der Waals surface area contributed by atoms with Gasteiger partial charge in [0.05, 0.1) is 47.2 Å². The molecule has 198 valence electrons. The number of hydrogen-bond acceptors (Lipinski definition) is 8. The zero-order valence-electron chi connectivity index (χ0n) is 21.0. The van der Waals surface area contributed by atoms with Crippen molar-refractivity contribution >= 4 is 40.8 Å². The largest absolute Gasteiger partial charge is 0.494 e. The second-order valence-electron chi connectivity index (χ2n) is 9.90. The highest BCUT2D eigenvalue weighted by Crippen LogP contribution is 2.41. The van der Waals surface area contributed by atoms with Crippen LogP contribution in [0.5, 0.6) is 11.5 Å². The summed E-state index contributed by atoms with van der Waals surface area (Å²) in [6, 6.07) is 8.66. The van der Waals surface area contributed by atoms with Gasteiger partial charge in [-0.05, 0) is 49.6 Å². The third-order valence-corrected chi connectivity index (χ3v) is 7.59. The zero-order chi connectivity index (χ0) is 27.1. The molecule has 11 heteroatoms. The molecule has 0 bridgehead atoms. The highest BCUT2D eigenvalue weighted by molar-refractivity contribution is 6.22. The van der Waals surface area contributed by atoms with Crippen LogP contribution in [-0.4, -0.2) is 42.3 Å². The lowest BCUT2D eigenvalue weighted by molar-refractivity contribution is -0.384. The van der Waals surface area contributed by atoms with E-state index >= 15 is 0 Å². The van der Waals surface area contributed by atoms with E-state index in [1.165, 1.54) is 41.2 Å². The molecule has 2 heterocycles. The molecule has 0 radical (unpaired) electrons. The second kappa shape index (κ2) is 9.88. The highest BCUT2D eigenvalue weighted by atomic mass is 16.6. The Morgan fingerprint density at radius 2 is 1.66 bits per heavy atom. The summed E-state index contributed by atoms with van der Waals surface area (Å²) in [5, 5.41) is 11.1. The van der Waals surface area contributed by atoms with Crippen LogP contribution in [0.1, 0.15) is 37.7 Å². The fourth-order valence-corrected chi connectivity index (χ4v) is 5.64. The fraction of sp³-hybridized carbons (Fsp3) is 0.407. The molecule has 0 spiro atoms. The van der Waals surface area contributed by atoms with Crippen molar-refractivity contribution in [3.63, 3.8) is 0 Å². The number of nitro benzene ring substituents is 1. The number of ether oxygens (including phenoxy) is 2. The van der Waals surface area contributed by atoms with Crippen LogP contribution in [0.25, 0.3) is 0 Å². The van der Waals surface area contributed by atoms with Crippen LogP contribution in [0.15, 0.2) is 36.4 Å². The molecule has 0 aromatic heterocycles. The number of benzene rings is 2. The molecule has 3 fully saturated rings. The summed E-state index contributed by atoms with van der Waals surface area (Å²) in [7, 11) is 1.35. The molecule has 2 aromatic rings. The van der Waals surface area contributed by atoms with E-state index in [0.29, 0.717) is 16.9 Å². The SMILES string of the molecule is COc1cc([N+](=O)[O-])ccc1N1C[C@H](C(=O)Oc2ccc(N3C(=O)[C@@H]4CCCC[C@H]4C3=O)c(C)c2)CC1=O. The van der Waals surface area contributed by atoms with Gasteiger partial charge < -0.3 is 14.4 Å². The number of rotatable bonds is 6. The average molecular weight is 522 g/mol. The molecule has 5 rings (SSSR count). The maximum Gasteiger partial charge on any atom is 0.316 e. The molecule has 1 aliphatic carbocycles. The smallest absolute Gasteiger partial charge is 0.316 e. The van der Waals surface area contributed by atoms with Gasteiger partial charge in [-0.2, -0.15) is 0 Å². The predicted molar refractivity (Wildman–Crippen MR) is 135 cm³/mol. The summed E-state index contributed by atoms with van der Waals surface area (Å²) in [5.74, 6) is -2.16. The lowest BCUT2D eigenvalue weighted by Crippen LogP contribution is -2.31. The summed E-state index contributed by atoms with van der Waals surface area (Å²) in [6.07, 6.45) is 3.25. The van der Waals surface area contributed by atoms with Crippen molar-refractivity contribution in [1.82, 2.24) is 0 Å². The molecular weight excluding hydrogens is 494 g/mol. The number of nitro groups is 1. The van der Waals surface area contributed by atoms with Crippen molar-refractivity contribution in [2.75, 3.05) is 23.5 Å². The first-order valence-corrected chi connectivity index (χ1v) is 12.5. The molecule has 38 heavy (non-hydrogen) atoms. The minimum Gasteiger partial charge on any atom is -0.494 e. The summed E-state index contributed by atoms with van der Waals surface area (Å²) in [6.45, 7) is 1.78. The lowest BCUT2D eigenvalue weighted by Gasteiger charge is -2.19. The molecule has 2 aromatic carbocycles. The van der Waals surface area contributed by atoms with Gasteiger partial charge in [0, 0.05) is 19.0 Å². The van der Waals surface area contributed by atoms with Gasteiger partial charge in [-0.15, -0.1) is 0 Å². The lowest BCUT2D eigenvalue weighted by atomic mass is 9.81.